The molecule has 0 amide bonds. The molecule has 3 rings (SSSR count). The SMILES string of the molecule is C=CCc1cccc2c1c(/C=C/C(C)=O)cn2S(=O)(=O)c1ccc(C)cc1. The number of hydrogen-bond acceptors (Lipinski definition) is 3. The molecule has 0 spiro atoms. The molecule has 0 unspecified atom stereocenters. The van der Waals surface area contributed by atoms with Crippen molar-refractivity contribution in [3.8, 4) is 0 Å². The summed E-state index contributed by atoms with van der Waals surface area (Å²) in [5.41, 5.74) is 3.22. The van der Waals surface area contributed by atoms with Gasteiger partial charge in [0, 0.05) is 17.1 Å². The maximum atomic E-state index is 13.2. The molecule has 1 heterocycles. The van der Waals surface area contributed by atoms with Crippen molar-refractivity contribution in [2.45, 2.75) is 25.2 Å². The van der Waals surface area contributed by atoms with Gasteiger partial charge in [0.25, 0.3) is 10.0 Å². The molecule has 0 aliphatic rings. The van der Waals surface area contributed by atoms with E-state index < -0.39 is 10.0 Å². The van der Waals surface area contributed by atoms with Crippen molar-refractivity contribution in [3.05, 3.63) is 84.1 Å². The summed E-state index contributed by atoms with van der Waals surface area (Å²) in [6, 6.07) is 12.3. The Morgan fingerprint density at radius 2 is 1.85 bits per heavy atom. The highest BCUT2D eigenvalue weighted by molar-refractivity contribution is 7.90. The summed E-state index contributed by atoms with van der Waals surface area (Å²) in [5.74, 6) is -0.0986. The predicted octanol–water partition coefficient (Wildman–Crippen LogP) is 4.52. The van der Waals surface area contributed by atoms with Gasteiger partial charge in [-0.2, -0.15) is 0 Å². The molecule has 0 radical (unpaired) electrons. The molecule has 0 N–H and O–H groups in total. The second-order valence-corrected chi connectivity index (χ2v) is 8.26. The largest absolute Gasteiger partial charge is 0.295 e. The number of carbonyl (C=O) groups is 1. The molecule has 3 aromatic rings. The van der Waals surface area contributed by atoms with Crippen LogP contribution < -0.4 is 0 Å². The number of fused-ring (bicyclic) bond motifs is 1. The number of rotatable bonds is 6. The first-order valence-corrected chi connectivity index (χ1v) is 10.0. The topological polar surface area (TPSA) is 56.1 Å². The third-order valence-corrected chi connectivity index (χ3v) is 6.04. The highest BCUT2D eigenvalue weighted by Crippen LogP contribution is 2.30. The third-order valence-electron chi connectivity index (χ3n) is 4.35. The van der Waals surface area contributed by atoms with Crippen LogP contribution in [0.25, 0.3) is 17.0 Å². The summed E-state index contributed by atoms with van der Waals surface area (Å²) in [6.45, 7) is 7.15. The predicted molar refractivity (Wildman–Crippen MR) is 109 cm³/mol. The van der Waals surface area contributed by atoms with Crippen molar-refractivity contribution in [1.29, 1.82) is 0 Å². The first-order chi connectivity index (χ1) is 12.8. The Balaban J connectivity index is 2.30. The molecule has 0 aliphatic heterocycles. The molecule has 4 nitrogen and oxygen atoms in total. The molecule has 0 saturated carbocycles. The minimum absolute atomic E-state index is 0.0986. The van der Waals surface area contributed by atoms with Crippen LogP contribution >= 0.6 is 0 Å². The summed E-state index contributed by atoms with van der Waals surface area (Å²) in [5, 5.41) is 0.811. The summed E-state index contributed by atoms with van der Waals surface area (Å²) in [7, 11) is -3.76. The maximum Gasteiger partial charge on any atom is 0.268 e. The van der Waals surface area contributed by atoms with Gasteiger partial charge in [-0.3, -0.25) is 4.79 Å². The fraction of sp³-hybridized carbons (Fsp3) is 0.136. The van der Waals surface area contributed by atoms with E-state index in [4.69, 9.17) is 0 Å². The van der Waals surface area contributed by atoms with Gasteiger partial charge < -0.3 is 0 Å². The molecule has 0 saturated heterocycles. The fourth-order valence-electron chi connectivity index (χ4n) is 3.05. The summed E-state index contributed by atoms with van der Waals surface area (Å²) in [4.78, 5) is 11.6. The van der Waals surface area contributed by atoms with Crippen LogP contribution in [-0.4, -0.2) is 18.2 Å². The lowest BCUT2D eigenvalue weighted by atomic mass is 10.0. The van der Waals surface area contributed by atoms with Crippen molar-refractivity contribution in [2.75, 3.05) is 0 Å². The number of hydrogen-bond donors (Lipinski definition) is 0. The van der Waals surface area contributed by atoms with E-state index in [9.17, 15) is 13.2 Å². The van der Waals surface area contributed by atoms with Crippen molar-refractivity contribution in [3.63, 3.8) is 0 Å². The number of carbonyl (C=O) groups excluding carboxylic acids is 1. The van der Waals surface area contributed by atoms with Gasteiger partial charge in [-0.1, -0.05) is 35.9 Å². The normalized spacial score (nSPS) is 11.9. The molecular formula is C22H21NO3S. The highest BCUT2D eigenvalue weighted by Gasteiger charge is 2.21. The molecule has 0 bridgehead atoms. The van der Waals surface area contributed by atoms with E-state index in [1.54, 1.807) is 48.7 Å². The Hall–Kier alpha value is -2.92. The molecule has 0 aliphatic carbocycles. The number of nitrogens with zero attached hydrogens (tertiary/aromatic N) is 1. The Labute approximate surface area is 159 Å². The third kappa shape index (κ3) is 3.64. The van der Waals surface area contributed by atoms with Crippen molar-refractivity contribution >= 4 is 32.8 Å². The first kappa shape index (κ1) is 18.9. The average Bonchev–Trinajstić information content (AvgIpc) is 3.01. The number of benzene rings is 2. The van der Waals surface area contributed by atoms with Crippen LogP contribution in [0.1, 0.15) is 23.6 Å². The fourth-order valence-corrected chi connectivity index (χ4v) is 4.42. The molecule has 0 atom stereocenters. The van der Waals surface area contributed by atoms with E-state index in [1.807, 2.05) is 19.1 Å². The molecule has 5 heteroatoms. The summed E-state index contributed by atoms with van der Waals surface area (Å²) < 4.78 is 27.8. The maximum absolute atomic E-state index is 13.2. The lowest BCUT2D eigenvalue weighted by molar-refractivity contribution is -0.112. The van der Waals surface area contributed by atoms with E-state index >= 15 is 0 Å². The number of aromatic nitrogens is 1. The van der Waals surface area contributed by atoms with E-state index in [2.05, 4.69) is 6.58 Å². The molecule has 0 fully saturated rings. The van der Waals surface area contributed by atoms with Crippen LogP contribution in [0.15, 0.2) is 72.3 Å². The second-order valence-electron chi connectivity index (χ2n) is 6.45. The van der Waals surface area contributed by atoms with E-state index in [0.29, 0.717) is 17.5 Å². The van der Waals surface area contributed by atoms with Crippen LogP contribution in [-0.2, 0) is 21.2 Å². The van der Waals surface area contributed by atoms with Gasteiger partial charge in [-0.05, 0) is 56.2 Å². The zero-order valence-corrected chi connectivity index (χ0v) is 16.2. The number of allylic oxidation sites excluding steroid dienone is 2. The van der Waals surface area contributed by atoms with Crippen molar-refractivity contribution < 1.29 is 13.2 Å². The van der Waals surface area contributed by atoms with Crippen LogP contribution in [0.2, 0.25) is 0 Å². The number of aryl methyl sites for hydroxylation is 1. The van der Waals surface area contributed by atoms with Gasteiger partial charge in [-0.25, -0.2) is 12.4 Å². The lowest BCUT2D eigenvalue weighted by Crippen LogP contribution is -2.11. The monoisotopic (exact) mass is 379 g/mol. The smallest absolute Gasteiger partial charge is 0.268 e. The van der Waals surface area contributed by atoms with Crippen LogP contribution in [0, 0.1) is 6.92 Å². The van der Waals surface area contributed by atoms with E-state index in [0.717, 1.165) is 16.5 Å². The molecule has 138 valence electrons. The Kier molecular flexibility index (Phi) is 5.15. The van der Waals surface area contributed by atoms with Gasteiger partial charge in [0.05, 0.1) is 10.4 Å². The Bertz CT molecular complexity index is 1150. The van der Waals surface area contributed by atoms with Crippen LogP contribution in [0.3, 0.4) is 0 Å². The van der Waals surface area contributed by atoms with Gasteiger partial charge in [0.1, 0.15) is 0 Å². The van der Waals surface area contributed by atoms with Gasteiger partial charge >= 0.3 is 0 Å². The Morgan fingerprint density at radius 1 is 1.15 bits per heavy atom. The minimum Gasteiger partial charge on any atom is -0.295 e. The molecule has 1 aromatic heterocycles. The van der Waals surface area contributed by atoms with Gasteiger partial charge in [0.15, 0.2) is 5.78 Å². The van der Waals surface area contributed by atoms with E-state index in [1.165, 1.54) is 17.0 Å². The molecular weight excluding hydrogens is 358 g/mol. The summed E-state index contributed by atoms with van der Waals surface area (Å²) in [6.07, 6.45) is 7.07. The number of ketones is 1. The van der Waals surface area contributed by atoms with Crippen LogP contribution in [0.5, 0.6) is 0 Å². The minimum atomic E-state index is -3.76. The molecule has 27 heavy (non-hydrogen) atoms. The quantitative estimate of drug-likeness (QED) is 0.467. The first-order valence-electron chi connectivity index (χ1n) is 8.59. The standard InChI is InChI=1S/C22H21NO3S/c1-4-6-18-7-5-8-21-22(18)19(12-11-17(3)24)15-23(21)27(25,26)20-13-9-16(2)10-14-20/h4-5,7-15H,1,6H2,2-3H3/b12-11+. The zero-order valence-electron chi connectivity index (χ0n) is 15.3. The van der Waals surface area contributed by atoms with Crippen molar-refractivity contribution in [1.82, 2.24) is 3.97 Å². The second kappa shape index (κ2) is 7.37. The zero-order chi connectivity index (χ0) is 19.6. The summed E-state index contributed by atoms with van der Waals surface area (Å²) >= 11 is 0. The van der Waals surface area contributed by atoms with Gasteiger partial charge in [-0.15, -0.1) is 6.58 Å². The average molecular weight is 379 g/mol. The van der Waals surface area contributed by atoms with Crippen LogP contribution in [0.4, 0.5) is 0 Å². The van der Waals surface area contributed by atoms with E-state index in [-0.39, 0.29) is 10.7 Å². The Morgan fingerprint density at radius 3 is 2.48 bits per heavy atom. The molecule has 2 aromatic carbocycles. The van der Waals surface area contributed by atoms with Crippen molar-refractivity contribution in [2.24, 2.45) is 0 Å². The van der Waals surface area contributed by atoms with Gasteiger partial charge in [0.2, 0.25) is 0 Å². The lowest BCUT2D eigenvalue weighted by Gasteiger charge is -2.08. The highest BCUT2D eigenvalue weighted by atomic mass is 32.2.